The van der Waals surface area contributed by atoms with Gasteiger partial charge in [0.05, 0.1) is 11.8 Å². The summed E-state index contributed by atoms with van der Waals surface area (Å²) in [6.07, 6.45) is 1.19. The van der Waals surface area contributed by atoms with Gasteiger partial charge in [-0.3, -0.25) is 4.79 Å². The molecule has 1 unspecified atom stereocenters. The number of rotatable bonds is 5. The van der Waals surface area contributed by atoms with Crippen LogP contribution in [0.25, 0.3) is 0 Å². The van der Waals surface area contributed by atoms with Gasteiger partial charge in [-0.05, 0) is 24.6 Å². The molecule has 3 N–H and O–H groups in total. The van der Waals surface area contributed by atoms with Crippen molar-refractivity contribution in [1.82, 2.24) is 0 Å². The molecule has 100 valence electrons. The van der Waals surface area contributed by atoms with Crippen molar-refractivity contribution in [3.63, 3.8) is 0 Å². The van der Waals surface area contributed by atoms with E-state index in [-0.39, 0.29) is 12.2 Å². The maximum atomic E-state index is 11.7. The third-order valence-corrected chi connectivity index (χ3v) is 3.44. The molecule has 0 aliphatic carbocycles. The molecule has 0 fully saturated rings. The first-order chi connectivity index (χ1) is 8.28. The van der Waals surface area contributed by atoms with E-state index in [1.54, 1.807) is 24.3 Å². The Hall–Kier alpha value is -1.11. The van der Waals surface area contributed by atoms with Crippen LogP contribution in [-0.4, -0.2) is 32.4 Å². The van der Waals surface area contributed by atoms with Gasteiger partial charge in [0.1, 0.15) is 9.84 Å². The summed E-state index contributed by atoms with van der Waals surface area (Å²) in [4.78, 5) is 11.7. The molecule has 0 saturated carbocycles. The summed E-state index contributed by atoms with van der Waals surface area (Å²) in [5.74, 6) is -0.544. The van der Waals surface area contributed by atoms with Crippen molar-refractivity contribution in [3.05, 3.63) is 29.3 Å². The molecular formula is C11H15ClN2O3S. The van der Waals surface area contributed by atoms with Gasteiger partial charge in [0, 0.05) is 17.0 Å². The van der Waals surface area contributed by atoms with Gasteiger partial charge in [0.25, 0.3) is 0 Å². The number of sulfone groups is 1. The second-order valence-corrected chi connectivity index (χ2v) is 6.72. The van der Waals surface area contributed by atoms with Crippen LogP contribution < -0.4 is 11.1 Å². The lowest BCUT2D eigenvalue weighted by Crippen LogP contribution is -2.37. The first kappa shape index (κ1) is 14.9. The molecular weight excluding hydrogens is 276 g/mol. The predicted octanol–water partition coefficient (Wildman–Crippen LogP) is 1.04. The molecule has 0 aromatic heterocycles. The fraction of sp³-hybridized carbons (Fsp3) is 0.364. The van der Waals surface area contributed by atoms with Crippen LogP contribution in [0.15, 0.2) is 24.3 Å². The van der Waals surface area contributed by atoms with Crippen molar-refractivity contribution < 1.29 is 13.2 Å². The third kappa shape index (κ3) is 5.48. The molecule has 0 aliphatic heterocycles. The van der Waals surface area contributed by atoms with E-state index in [2.05, 4.69) is 5.32 Å². The van der Waals surface area contributed by atoms with E-state index in [1.165, 1.54) is 0 Å². The molecule has 0 bridgehead atoms. The van der Waals surface area contributed by atoms with Gasteiger partial charge in [0.2, 0.25) is 5.91 Å². The smallest absolute Gasteiger partial charge is 0.241 e. The largest absolute Gasteiger partial charge is 0.325 e. The Kier molecular flexibility index (Phi) is 5.13. The second-order valence-electron chi connectivity index (χ2n) is 4.02. The second kappa shape index (κ2) is 6.17. The normalized spacial score (nSPS) is 13.1. The Labute approximate surface area is 111 Å². The molecule has 18 heavy (non-hydrogen) atoms. The lowest BCUT2D eigenvalue weighted by atomic mass is 10.2. The monoisotopic (exact) mass is 290 g/mol. The molecule has 1 aromatic rings. The van der Waals surface area contributed by atoms with E-state index in [0.29, 0.717) is 10.7 Å². The number of carbonyl (C=O) groups excluding carboxylic acids is 1. The maximum Gasteiger partial charge on any atom is 0.241 e. The highest BCUT2D eigenvalue weighted by Crippen LogP contribution is 2.15. The number of benzene rings is 1. The minimum absolute atomic E-state index is 0.0885. The molecule has 0 radical (unpaired) electrons. The number of carbonyl (C=O) groups is 1. The molecule has 0 saturated heterocycles. The molecule has 1 amide bonds. The van der Waals surface area contributed by atoms with Crippen LogP contribution in [0.3, 0.4) is 0 Å². The lowest BCUT2D eigenvalue weighted by molar-refractivity contribution is -0.117. The number of hydrogen-bond acceptors (Lipinski definition) is 4. The summed E-state index contributed by atoms with van der Waals surface area (Å²) >= 11 is 5.77. The van der Waals surface area contributed by atoms with Crippen LogP contribution >= 0.6 is 11.6 Å². The van der Waals surface area contributed by atoms with Gasteiger partial charge in [-0.25, -0.2) is 8.42 Å². The number of nitrogens with two attached hydrogens (primary N) is 1. The Morgan fingerprint density at radius 1 is 1.50 bits per heavy atom. The van der Waals surface area contributed by atoms with Crippen molar-refractivity contribution in [2.75, 3.05) is 17.3 Å². The fourth-order valence-corrected chi connectivity index (χ4v) is 2.15. The molecule has 1 atom stereocenters. The van der Waals surface area contributed by atoms with Crippen LogP contribution in [0, 0.1) is 0 Å². The quantitative estimate of drug-likeness (QED) is 0.848. The Balaban J connectivity index is 2.55. The summed E-state index contributed by atoms with van der Waals surface area (Å²) in [7, 11) is -3.11. The number of halogens is 1. The first-order valence-corrected chi connectivity index (χ1v) is 7.71. The maximum absolute atomic E-state index is 11.7. The lowest BCUT2D eigenvalue weighted by Gasteiger charge is -2.11. The van der Waals surface area contributed by atoms with Crippen LogP contribution in [0.4, 0.5) is 5.69 Å². The van der Waals surface area contributed by atoms with Crippen LogP contribution in [0.1, 0.15) is 6.42 Å². The van der Waals surface area contributed by atoms with Gasteiger partial charge >= 0.3 is 0 Å². The Bertz CT molecular complexity index is 531. The van der Waals surface area contributed by atoms with E-state index < -0.39 is 21.8 Å². The highest BCUT2D eigenvalue weighted by atomic mass is 35.5. The van der Waals surface area contributed by atoms with Crippen molar-refractivity contribution in [3.8, 4) is 0 Å². The molecule has 1 aromatic carbocycles. The topological polar surface area (TPSA) is 89.3 Å². The van der Waals surface area contributed by atoms with Gasteiger partial charge in [-0.15, -0.1) is 0 Å². The fourth-order valence-electron chi connectivity index (χ4n) is 1.27. The number of anilines is 1. The average Bonchev–Trinajstić information content (AvgIpc) is 2.24. The number of nitrogens with one attached hydrogen (secondary N) is 1. The van der Waals surface area contributed by atoms with E-state index in [0.717, 1.165) is 6.26 Å². The minimum atomic E-state index is -3.11. The van der Waals surface area contributed by atoms with Crippen LogP contribution in [-0.2, 0) is 14.6 Å². The molecule has 5 nitrogen and oxygen atoms in total. The zero-order valence-electron chi connectivity index (χ0n) is 9.89. The van der Waals surface area contributed by atoms with Gasteiger partial charge in [0.15, 0.2) is 0 Å². The van der Waals surface area contributed by atoms with Gasteiger partial charge < -0.3 is 11.1 Å². The first-order valence-electron chi connectivity index (χ1n) is 5.27. The standard InChI is InChI=1S/C11H15ClN2O3S/c1-18(16,17)6-5-10(13)11(15)14-9-4-2-3-8(12)7-9/h2-4,7,10H,5-6,13H2,1H3,(H,14,15). The SMILES string of the molecule is CS(=O)(=O)CCC(N)C(=O)Nc1cccc(Cl)c1. The van der Waals surface area contributed by atoms with Crippen molar-refractivity contribution in [2.24, 2.45) is 5.73 Å². The van der Waals surface area contributed by atoms with Gasteiger partial charge in [-0.1, -0.05) is 17.7 Å². The minimum Gasteiger partial charge on any atom is -0.325 e. The van der Waals surface area contributed by atoms with Crippen LogP contribution in [0.5, 0.6) is 0 Å². The molecule has 7 heteroatoms. The summed E-state index contributed by atoms with van der Waals surface area (Å²) in [5, 5.41) is 3.07. The third-order valence-electron chi connectivity index (χ3n) is 2.23. The Morgan fingerprint density at radius 2 is 2.17 bits per heavy atom. The summed E-state index contributed by atoms with van der Waals surface area (Å²) in [5.41, 5.74) is 6.13. The Morgan fingerprint density at radius 3 is 2.72 bits per heavy atom. The number of amides is 1. The molecule has 0 heterocycles. The molecule has 0 spiro atoms. The highest BCUT2D eigenvalue weighted by Gasteiger charge is 2.16. The van der Waals surface area contributed by atoms with E-state index in [9.17, 15) is 13.2 Å². The van der Waals surface area contributed by atoms with Gasteiger partial charge in [-0.2, -0.15) is 0 Å². The highest BCUT2D eigenvalue weighted by molar-refractivity contribution is 7.90. The zero-order chi connectivity index (χ0) is 13.8. The van der Waals surface area contributed by atoms with Crippen molar-refractivity contribution in [1.29, 1.82) is 0 Å². The zero-order valence-corrected chi connectivity index (χ0v) is 11.5. The number of hydrogen-bond donors (Lipinski definition) is 2. The van der Waals surface area contributed by atoms with E-state index in [4.69, 9.17) is 17.3 Å². The van der Waals surface area contributed by atoms with E-state index >= 15 is 0 Å². The van der Waals surface area contributed by atoms with E-state index in [1.807, 2.05) is 0 Å². The summed E-state index contributed by atoms with van der Waals surface area (Å²) in [6.45, 7) is 0. The molecule has 0 aliphatic rings. The summed E-state index contributed by atoms with van der Waals surface area (Å²) < 4.78 is 21.9. The van der Waals surface area contributed by atoms with Crippen LogP contribution in [0.2, 0.25) is 5.02 Å². The van der Waals surface area contributed by atoms with Crippen molar-refractivity contribution in [2.45, 2.75) is 12.5 Å². The summed E-state index contributed by atoms with van der Waals surface area (Å²) in [6, 6.07) is 5.77. The molecule has 1 rings (SSSR count). The average molecular weight is 291 g/mol. The predicted molar refractivity (Wildman–Crippen MR) is 72.4 cm³/mol. The van der Waals surface area contributed by atoms with Crippen molar-refractivity contribution >= 4 is 33.0 Å².